The van der Waals surface area contributed by atoms with E-state index in [0.717, 1.165) is 25.2 Å². The average molecular weight is 150 g/mol. The molecule has 0 fully saturated rings. The normalized spacial score (nSPS) is 13.6. The number of methoxy groups -OCH3 is 1. The topological polar surface area (TPSA) is 26.3 Å². The fraction of sp³-hybridized carbons (Fsp3) is 1.00. The second-order valence-corrected chi connectivity index (χ2v) is 3.53. The van der Waals surface area contributed by atoms with Crippen LogP contribution in [0.4, 0.5) is 0 Å². The Kier molecular flexibility index (Phi) is 6.31. The van der Waals surface area contributed by atoms with Crippen molar-refractivity contribution in [3.05, 3.63) is 0 Å². The number of hydrogen-bond acceptors (Lipinski definition) is 2. The van der Waals surface area contributed by atoms with Gasteiger partial charge in [-0.15, -0.1) is 0 Å². The molecule has 0 aromatic heterocycles. The maximum Gasteiger partial charge on any atom is 0.0462 e. The molecule has 1 atom stereocenters. The summed E-state index contributed by atoms with van der Waals surface area (Å²) >= 11 is 0. The Morgan fingerprint density at radius 1 is 1.44 bits per heavy atom. The van der Waals surface area contributed by atoms with E-state index >= 15 is 0 Å². The van der Waals surface area contributed by atoms with Crippen molar-refractivity contribution in [3.8, 4) is 0 Å². The summed E-state index contributed by atoms with van der Waals surface area (Å²) in [6.45, 7) is 0.789. The minimum atomic E-state index is -0.625. The molecule has 0 aliphatic carbocycles. The van der Waals surface area contributed by atoms with Crippen molar-refractivity contribution in [1.29, 1.82) is 0 Å². The molecule has 0 rings (SSSR count). The highest BCUT2D eigenvalue weighted by Gasteiger charge is 1.89. The van der Waals surface area contributed by atoms with Crippen molar-refractivity contribution in [1.82, 2.24) is 0 Å². The molecule has 0 radical (unpaired) electrons. The van der Waals surface area contributed by atoms with E-state index in [-0.39, 0.29) is 0 Å². The van der Waals surface area contributed by atoms with E-state index in [1.54, 1.807) is 13.4 Å². The van der Waals surface area contributed by atoms with Gasteiger partial charge in [0, 0.05) is 36.5 Å². The van der Waals surface area contributed by atoms with Crippen LogP contribution in [0.1, 0.15) is 12.8 Å². The molecule has 0 amide bonds. The summed E-state index contributed by atoms with van der Waals surface area (Å²) in [6, 6.07) is 0. The van der Waals surface area contributed by atoms with E-state index in [0.29, 0.717) is 0 Å². The zero-order chi connectivity index (χ0) is 7.11. The third kappa shape index (κ3) is 8.11. The summed E-state index contributed by atoms with van der Waals surface area (Å²) in [5.74, 6) is 0.809. The average Bonchev–Trinajstić information content (AvgIpc) is 1.80. The van der Waals surface area contributed by atoms with E-state index in [4.69, 9.17) is 4.74 Å². The molecule has 0 bridgehead atoms. The van der Waals surface area contributed by atoms with Crippen LogP contribution in [0.3, 0.4) is 0 Å². The molecule has 2 nitrogen and oxygen atoms in total. The van der Waals surface area contributed by atoms with Crippen LogP contribution in [-0.4, -0.2) is 29.9 Å². The highest BCUT2D eigenvalue weighted by molar-refractivity contribution is 7.84. The van der Waals surface area contributed by atoms with Crippen molar-refractivity contribution in [2.75, 3.05) is 25.7 Å². The lowest BCUT2D eigenvalue weighted by atomic mass is 10.4. The van der Waals surface area contributed by atoms with Crippen LogP contribution in [0.25, 0.3) is 0 Å². The minimum Gasteiger partial charge on any atom is -0.385 e. The number of hydrogen-bond donors (Lipinski definition) is 0. The van der Waals surface area contributed by atoms with Gasteiger partial charge in [0.25, 0.3) is 0 Å². The molecule has 0 spiro atoms. The first-order chi connectivity index (χ1) is 4.27. The smallest absolute Gasteiger partial charge is 0.0462 e. The summed E-state index contributed by atoms with van der Waals surface area (Å²) in [5, 5.41) is 0. The van der Waals surface area contributed by atoms with Crippen molar-refractivity contribution < 1.29 is 8.95 Å². The molecule has 0 N–H and O–H groups in total. The third-order valence-corrected chi connectivity index (χ3v) is 1.89. The predicted molar refractivity (Wildman–Crippen MR) is 40.0 cm³/mol. The van der Waals surface area contributed by atoms with Gasteiger partial charge in [-0.25, -0.2) is 0 Å². The predicted octanol–water partition coefficient (Wildman–Crippen LogP) is 0.792. The lowest BCUT2D eigenvalue weighted by molar-refractivity contribution is 0.194. The Morgan fingerprint density at radius 3 is 2.56 bits per heavy atom. The molecule has 0 heterocycles. The summed E-state index contributed by atoms with van der Waals surface area (Å²) in [6.07, 6.45) is 3.76. The molecular weight excluding hydrogens is 136 g/mol. The maximum atomic E-state index is 10.5. The second-order valence-electron chi connectivity index (χ2n) is 1.98. The monoisotopic (exact) mass is 150 g/mol. The van der Waals surface area contributed by atoms with Gasteiger partial charge in [-0.2, -0.15) is 0 Å². The number of unbranched alkanes of at least 4 members (excludes halogenated alkanes) is 1. The molecule has 0 aromatic carbocycles. The Balaban J connectivity index is 2.83. The van der Waals surface area contributed by atoms with E-state index in [1.807, 2.05) is 0 Å². The molecule has 0 saturated carbocycles. The van der Waals surface area contributed by atoms with Crippen LogP contribution < -0.4 is 0 Å². The van der Waals surface area contributed by atoms with E-state index in [9.17, 15) is 4.21 Å². The maximum absolute atomic E-state index is 10.5. The van der Waals surface area contributed by atoms with Gasteiger partial charge < -0.3 is 4.74 Å². The molecule has 0 aliphatic rings. The van der Waals surface area contributed by atoms with Crippen LogP contribution in [0.5, 0.6) is 0 Å². The van der Waals surface area contributed by atoms with Crippen molar-refractivity contribution in [3.63, 3.8) is 0 Å². The zero-order valence-corrected chi connectivity index (χ0v) is 6.87. The highest BCUT2D eigenvalue weighted by atomic mass is 32.2. The Labute approximate surface area is 59.1 Å². The molecule has 1 unspecified atom stereocenters. The van der Waals surface area contributed by atoms with E-state index in [1.165, 1.54) is 0 Å². The van der Waals surface area contributed by atoms with Crippen LogP contribution in [0.15, 0.2) is 0 Å². The summed E-state index contributed by atoms with van der Waals surface area (Å²) in [7, 11) is 1.06. The van der Waals surface area contributed by atoms with Gasteiger partial charge in [0.15, 0.2) is 0 Å². The first-order valence-corrected chi connectivity index (χ1v) is 4.79. The Morgan fingerprint density at radius 2 is 2.11 bits per heavy atom. The van der Waals surface area contributed by atoms with E-state index < -0.39 is 10.8 Å². The van der Waals surface area contributed by atoms with Crippen LogP contribution in [0.2, 0.25) is 0 Å². The largest absolute Gasteiger partial charge is 0.385 e. The summed E-state index contributed by atoms with van der Waals surface area (Å²) in [5.41, 5.74) is 0. The van der Waals surface area contributed by atoms with Gasteiger partial charge in [0.2, 0.25) is 0 Å². The Bertz CT molecular complexity index is 83.1. The minimum absolute atomic E-state index is 0.625. The third-order valence-electron chi connectivity index (χ3n) is 1.03. The molecular formula is C6H14O2S. The lowest BCUT2D eigenvalue weighted by Crippen LogP contribution is -1.96. The molecule has 0 aliphatic heterocycles. The Hall–Kier alpha value is 0.110. The SMILES string of the molecule is COCCCCS(C)=O. The van der Waals surface area contributed by atoms with Crippen LogP contribution in [-0.2, 0) is 15.5 Å². The molecule has 0 aromatic rings. The second kappa shape index (κ2) is 6.23. The van der Waals surface area contributed by atoms with Gasteiger partial charge in [0.1, 0.15) is 0 Å². The fourth-order valence-corrected chi connectivity index (χ4v) is 1.16. The zero-order valence-electron chi connectivity index (χ0n) is 6.05. The molecule has 0 saturated heterocycles. The van der Waals surface area contributed by atoms with Gasteiger partial charge in [-0.05, 0) is 12.8 Å². The summed E-state index contributed by atoms with van der Waals surface area (Å²) < 4.78 is 15.3. The number of rotatable bonds is 5. The van der Waals surface area contributed by atoms with Gasteiger partial charge in [-0.3, -0.25) is 4.21 Å². The van der Waals surface area contributed by atoms with Crippen LogP contribution in [0, 0.1) is 0 Å². The van der Waals surface area contributed by atoms with Crippen molar-refractivity contribution in [2.45, 2.75) is 12.8 Å². The molecule has 3 heteroatoms. The molecule has 56 valence electrons. The summed E-state index contributed by atoms with van der Waals surface area (Å²) in [4.78, 5) is 0. The van der Waals surface area contributed by atoms with Gasteiger partial charge >= 0.3 is 0 Å². The number of ether oxygens (including phenoxy) is 1. The van der Waals surface area contributed by atoms with Crippen LogP contribution >= 0.6 is 0 Å². The lowest BCUT2D eigenvalue weighted by Gasteiger charge is -1.95. The van der Waals surface area contributed by atoms with E-state index in [2.05, 4.69) is 0 Å². The first kappa shape index (κ1) is 9.11. The van der Waals surface area contributed by atoms with Crippen molar-refractivity contribution >= 4 is 10.8 Å². The fourth-order valence-electron chi connectivity index (χ4n) is 0.552. The van der Waals surface area contributed by atoms with Gasteiger partial charge in [-0.1, -0.05) is 0 Å². The quantitative estimate of drug-likeness (QED) is 0.542. The standard InChI is InChI=1S/C6H14O2S/c1-8-5-3-4-6-9(2)7/h3-6H2,1-2H3. The van der Waals surface area contributed by atoms with Crippen molar-refractivity contribution in [2.24, 2.45) is 0 Å². The first-order valence-electron chi connectivity index (χ1n) is 3.06. The van der Waals surface area contributed by atoms with Gasteiger partial charge in [0.05, 0.1) is 0 Å². The highest BCUT2D eigenvalue weighted by Crippen LogP contribution is 1.90. The molecule has 9 heavy (non-hydrogen) atoms.